The molecule has 0 spiro atoms. The summed E-state index contributed by atoms with van der Waals surface area (Å²) in [7, 11) is 0. The molecule has 2 fully saturated rings. The Hall–Kier alpha value is -2.29. The number of benzene rings is 1. The largest absolute Gasteiger partial charge is 0.450 e. The van der Waals surface area contributed by atoms with Gasteiger partial charge in [0.2, 0.25) is 5.91 Å². The Kier molecular flexibility index (Phi) is 7.23. The summed E-state index contributed by atoms with van der Waals surface area (Å²) in [6.07, 6.45) is -2.86. The van der Waals surface area contributed by atoms with Gasteiger partial charge >= 0.3 is 12.3 Å². The van der Waals surface area contributed by atoms with E-state index < -0.39 is 11.7 Å². The van der Waals surface area contributed by atoms with Gasteiger partial charge in [-0.2, -0.15) is 13.2 Å². The van der Waals surface area contributed by atoms with Gasteiger partial charge in [0.05, 0.1) is 12.2 Å². The Bertz CT molecular complexity index is 749. The second-order valence-corrected chi connectivity index (χ2v) is 7.67. The van der Waals surface area contributed by atoms with Crippen molar-refractivity contribution >= 4 is 12.0 Å². The van der Waals surface area contributed by atoms with E-state index in [1.165, 1.54) is 17.0 Å². The van der Waals surface area contributed by atoms with Gasteiger partial charge in [-0.1, -0.05) is 18.2 Å². The van der Waals surface area contributed by atoms with Crippen LogP contribution in [0.5, 0.6) is 0 Å². The molecule has 0 N–H and O–H groups in total. The molecule has 2 heterocycles. The fourth-order valence-electron chi connectivity index (χ4n) is 4.18. The lowest BCUT2D eigenvalue weighted by molar-refractivity contribution is -0.139. The zero-order chi connectivity index (χ0) is 21.7. The average molecular weight is 427 g/mol. The van der Waals surface area contributed by atoms with Gasteiger partial charge in [0.1, 0.15) is 0 Å². The highest BCUT2D eigenvalue weighted by molar-refractivity contribution is 5.76. The van der Waals surface area contributed by atoms with Crippen LogP contribution in [0.25, 0.3) is 0 Å². The molecule has 0 unspecified atom stereocenters. The molecule has 2 aliphatic rings. The highest BCUT2D eigenvalue weighted by Gasteiger charge is 2.34. The Morgan fingerprint density at radius 1 is 1.10 bits per heavy atom. The number of hydrogen-bond donors (Lipinski definition) is 0. The summed E-state index contributed by atoms with van der Waals surface area (Å²) in [6.45, 7) is 4.89. The molecule has 2 aliphatic heterocycles. The van der Waals surface area contributed by atoms with Crippen molar-refractivity contribution in [1.82, 2.24) is 14.7 Å². The maximum Gasteiger partial charge on any atom is 0.416 e. The van der Waals surface area contributed by atoms with E-state index in [2.05, 4.69) is 4.90 Å². The Morgan fingerprint density at radius 3 is 2.47 bits per heavy atom. The predicted molar refractivity (Wildman–Crippen MR) is 105 cm³/mol. The number of carbonyl (C=O) groups is 2. The SMILES string of the molecule is CCOC(=O)N1CCC(N2CCC(=O)N(Cc3ccccc3C(F)(F)F)CC2)CC1. The first kappa shape index (κ1) is 22.4. The molecule has 0 bridgehead atoms. The van der Waals surface area contributed by atoms with Crippen molar-refractivity contribution in [2.45, 2.75) is 44.9 Å². The van der Waals surface area contributed by atoms with E-state index in [9.17, 15) is 22.8 Å². The predicted octanol–water partition coefficient (Wildman–Crippen LogP) is 3.36. The summed E-state index contributed by atoms with van der Waals surface area (Å²) >= 11 is 0. The third-order valence-electron chi connectivity index (χ3n) is 5.81. The maximum atomic E-state index is 13.3. The van der Waals surface area contributed by atoms with Gasteiger partial charge < -0.3 is 14.5 Å². The number of rotatable bonds is 4. The fourth-order valence-corrected chi connectivity index (χ4v) is 4.18. The van der Waals surface area contributed by atoms with Crippen molar-refractivity contribution in [1.29, 1.82) is 0 Å². The Morgan fingerprint density at radius 2 is 1.80 bits per heavy atom. The molecule has 2 saturated heterocycles. The number of ether oxygens (including phenoxy) is 1. The van der Waals surface area contributed by atoms with Crippen molar-refractivity contribution in [2.75, 3.05) is 39.3 Å². The molecule has 6 nitrogen and oxygen atoms in total. The lowest BCUT2D eigenvalue weighted by Gasteiger charge is -2.37. The molecule has 1 aromatic rings. The van der Waals surface area contributed by atoms with E-state index in [1.54, 1.807) is 17.9 Å². The van der Waals surface area contributed by atoms with Crippen LogP contribution < -0.4 is 0 Å². The van der Waals surface area contributed by atoms with Gasteiger partial charge in [0.25, 0.3) is 0 Å². The first-order chi connectivity index (χ1) is 14.3. The first-order valence-electron chi connectivity index (χ1n) is 10.4. The highest BCUT2D eigenvalue weighted by atomic mass is 19.4. The van der Waals surface area contributed by atoms with E-state index in [1.807, 2.05) is 0 Å². The molecule has 0 radical (unpaired) electrons. The van der Waals surface area contributed by atoms with Crippen molar-refractivity contribution in [3.63, 3.8) is 0 Å². The summed E-state index contributed by atoms with van der Waals surface area (Å²) in [5.74, 6) is -0.126. The zero-order valence-corrected chi connectivity index (χ0v) is 17.2. The summed E-state index contributed by atoms with van der Waals surface area (Å²) in [5, 5.41) is 0. The number of likely N-dealkylation sites (tertiary alicyclic amines) is 1. The van der Waals surface area contributed by atoms with Crippen LogP contribution in [0.1, 0.15) is 37.3 Å². The van der Waals surface area contributed by atoms with Gasteiger partial charge in [-0.15, -0.1) is 0 Å². The number of halogens is 3. The highest BCUT2D eigenvalue weighted by Crippen LogP contribution is 2.32. The minimum Gasteiger partial charge on any atom is -0.450 e. The van der Waals surface area contributed by atoms with E-state index in [0.717, 1.165) is 18.9 Å². The number of piperidine rings is 1. The zero-order valence-electron chi connectivity index (χ0n) is 17.2. The second kappa shape index (κ2) is 9.68. The van der Waals surface area contributed by atoms with Gasteiger partial charge in [-0.25, -0.2) is 4.79 Å². The normalized spacial score (nSPS) is 19.7. The number of alkyl halides is 3. The van der Waals surface area contributed by atoms with Crippen LogP contribution in [0.2, 0.25) is 0 Å². The molecular formula is C21H28F3N3O3. The molecule has 1 aromatic carbocycles. The standard InChI is InChI=1S/C21H28F3N3O3/c1-2-30-20(29)26-10-7-17(8-11-26)25-12-9-19(28)27(14-13-25)15-16-5-3-4-6-18(16)21(22,23)24/h3-6,17H,2,7-15H2,1H3. The summed E-state index contributed by atoms with van der Waals surface area (Å²) in [6, 6.07) is 5.67. The van der Waals surface area contributed by atoms with Crippen molar-refractivity contribution < 1.29 is 27.5 Å². The summed E-state index contributed by atoms with van der Waals surface area (Å²) in [5.41, 5.74) is -0.570. The molecular weight excluding hydrogens is 399 g/mol. The first-order valence-corrected chi connectivity index (χ1v) is 10.4. The molecule has 0 atom stereocenters. The van der Waals surface area contributed by atoms with Crippen molar-refractivity contribution in [3.05, 3.63) is 35.4 Å². The van der Waals surface area contributed by atoms with Crippen LogP contribution in [-0.4, -0.2) is 72.1 Å². The van der Waals surface area contributed by atoms with Gasteiger partial charge in [-0.3, -0.25) is 9.69 Å². The maximum absolute atomic E-state index is 13.3. The lowest BCUT2D eigenvalue weighted by Crippen LogP contribution is -2.47. The fraction of sp³-hybridized carbons (Fsp3) is 0.619. The van der Waals surface area contributed by atoms with Gasteiger partial charge in [-0.05, 0) is 31.4 Å². The third-order valence-corrected chi connectivity index (χ3v) is 5.81. The minimum atomic E-state index is -4.44. The van der Waals surface area contributed by atoms with Crippen LogP contribution in [-0.2, 0) is 22.3 Å². The lowest BCUT2D eigenvalue weighted by atomic mass is 10.0. The van der Waals surface area contributed by atoms with Crippen LogP contribution in [0.3, 0.4) is 0 Å². The van der Waals surface area contributed by atoms with E-state index in [0.29, 0.717) is 39.3 Å². The summed E-state index contributed by atoms with van der Waals surface area (Å²) in [4.78, 5) is 29.9. The molecule has 166 valence electrons. The van der Waals surface area contributed by atoms with E-state index >= 15 is 0 Å². The quantitative estimate of drug-likeness (QED) is 0.740. The molecule has 2 amide bonds. The Labute approximate surface area is 174 Å². The number of hydrogen-bond acceptors (Lipinski definition) is 4. The van der Waals surface area contributed by atoms with Crippen molar-refractivity contribution in [3.8, 4) is 0 Å². The van der Waals surface area contributed by atoms with Crippen LogP contribution in [0.15, 0.2) is 24.3 Å². The molecule has 0 aromatic heterocycles. The van der Waals surface area contributed by atoms with Crippen LogP contribution >= 0.6 is 0 Å². The van der Waals surface area contributed by atoms with E-state index in [-0.39, 0.29) is 36.6 Å². The molecule has 3 rings (SSSR count). The monoisotopic (exact) mass is 427 g/mol. The van der Waals surface area contributed by atoms with Gasteiger partial charge in [0.15, 0.2) is 0 Å². The number of carbonyl (C=O) groups excluding carboxylic acids is 2. The topological polar surface area (TPSA) is 53.1 Å². The molecule has 9 heteroatoms. The molecule has 0 saturated carbocycles. The molecule has 0 aliphatic carbocycles. The average Bonchev–Trinajstić information content (AvgIpc) is 2.90. The Balaban J connectivity index is 1.58. The molecule has 30 heavy (non-hydrogen) atoms. The van der Waals surface area contributed by atoms with Crippen LogP contribution in [0, 0.1) is 0 Å². The smallest absolute Gasteiger partial charge is 0.416 e. The third kappa shape index (κ3) is 5.44. The van der Waals surface area contributed by atoms with Crippen LogP contribution in [0.4, 0.5) is 18.0 Å². The van der Waals surface area contributed by atoms with Crippen molar-refractivity contribution in [2.24, 2.45) is 0 Å². The minimum absolute atomic E-state index is 0.0380. The second-order valence-electron chi connectivity index (χ2n) is 7.67. The number of nitrogens with zero attached hydrogens (tertiary/aromatic N) is 3. The number of amides is 2. The van der Waals surface area contributed by atoms with Gasteiger partial charge in [0, 0.05) is 51.7 Å². The van der Waals surface area contributed by atoms with E-state index in [4.69, 9.17) is 4.74 Å². The summed E-state index contributed by atoms with van der Waals surface area (Å²) < 4.78 is 44.9.